The van der Waals surface area contributed by atoms with Crippen molar-refractivity contribution in [1.29, 1.82) is 0 Å². The summed E-state index contributed by atoms with van der Waals surface area (Å²) in [4.78, 5) is 33.2. The monoisotopic (exact) mass is 407 g/mol. The van der Waals surface area contributed by atoms with Gasteiger partial charge in [-0.1, -0.05) is 44.4 Å². The number of nitrogens with zero attached hydrogens (tertiary/aromatic N) is 2. The molecule has 2 fully saturated rings. The third-order valence-corrected chi connectivity index (χ3v) is 6.82. The highest BCUT2D eigenvalue weighted by molar-refractivity contribution is 6.07. The number of hydrogen-bond donors (Lipinski definition) is 1. The van der Waals surface area contributed by atoms with Gasteiger partial charge >= 0.3 is 0 Å². The zero-order chi connectivity index (χ0) is 21.1. The highest BCUT2D eigenvalue weighted by Gasteiger charge is 2.31. The molecule has 5 heteroatoms. The molecule has 1 N–H and O–H groups in total. The Bertz CT molecular complexity index is 933. The number of fused-ring (bicyclic) bond motifs is 1. The minimum atomic E-state index is -0.108. The summed E-state index contributed by atoms with van der Waals surface area (Å²) in [5.41, 5.74) is 3.56. The molecule has 1 atom stereocenters. The predicted molar refractivity (Wildman–Crippen MR) is 120 cm³/mol. The van der Waals surface area contributed by atoms with Crippen LogP contribution in [0.2, 0.25) is 0 Å². The maximum atomic E-state index is 13.6. The zero-order valence-corrected chi connectivity index (χ0v) is 18.2. The minimum absolute atomic E-state index is 0.0379. The molecule has 1 aliphatic carbocycles. The Kier molecular flexibility index (Phi) is 6.35. The van der Waals surface area contributed by atoms with E-state index >= 15 is 0 Å². The molecular formula is C25H33N3O2. The average molecular weight is 408 g/mol. The number of aryl methyl sites for hydroxylation is 1. The second-order valence-electron chi connectivity index (χ2n) is 8.86. The van der Waals surface area contributed by atoms with E-state index in [0.717, 1.165) is 59.8 Å². The molecule has 1 saturated heterocycles. The number of benzene rings is 1. The summed E-state index contributed by atoms with van der Waals surface area (Å²) in [5.74, 6) is 0.0598. The number of nitrogens with one attached hydrogen (secondary N) is 1. The number of amides is 2. The summed E-state index contributed by atoms with van der Waals surface area (Å²) < 4.78 is 0. The van der Waals surface area contributed by atoms with E-state index in [0.29, 0.717) is 19.1 Å². The molecule has 4 rings (SSSR count). The van der Waals surface area contributed by atoms with Crippen molar-refractivity contribution in [2.24, 2.45) is 5.92 Å². The largest absolute Gasteiger partial charge is 0.353 e. The van der Waals surface area contributed by atoms with Gasteiger partial charge in [0.15, 0.2) is 0 Å². The van der Waals surface area contributed by atoms with Crippen molar-refractivity contribution in [2.75, 3.05) is 13.1 Å². The van der Waals surface area contributed by atoms with Crippen molar-refractivity contribution in [3.63, 3.8) is 0 Å². The highest BCUT2D eigenvalue weighted by Crippen LogP contribution is 2.27. The quantitative estimate of drug-likeness (QED) is 0.817. The summed E-state index contributed by atoms with van der Waals surface area (Å²) in [7, 11) is 0. The van der Waals surface area contributed by atoms with Crippen LogP contribution < -0.4 is 5.32 Å². The van der Waals surface area contributed by atoms with Gasteiger partial charge in [0, 0.05) is 30.2 Å². The van der Waals surface area contributed by atoms with Gasteiger partial charge in [0.25, 0.3) is 5.91 Å². The molecule has 0 radical (unpaired) electrons. The van der Waals surface area contributed by atoms with E-state index in [1.807, 2.05) is 36.1 Å². The lowest BCUT2D eigenvalue weighted by molar-refractivity contribution is -0.127. The van der Waals surface area contributed by atoms with E-state index in [2.05, 4.69) is 12.2 Å². The second kappa shape index (κ2) is 9.15. The van der Waals surface area contributed by atoms with Crippen LogP contribution in [0, 0.1) is 12.8 Å². The number of aromatic nitrogens is 1. The van der Waals surface area contributed by atoms with Gasteiger partial charge in [0.05, 0.1) is 17.0 Å². The van der Waals surface area contributed by atoms with Gasteiger partial charge in [-0.25, -0.2) is 0 Å². The average Bonchev–Trinajstić information content (AvgIpc) is 2.79. The number of carbonyl (C=O) groups is 2. The first-order valence-electron chi connectivity index (χ1n) is 11.6. The molecule has 2 aromatic rings. The molecule has 1 aliphatic heterocycles. The Labute approximate surface area is 179 Å². The van der Waals surface area contributed by atoms with Gasteiger partial charge in [-0.05, 0) is 50.7 Å². The van der Waals surface area contributed by atoms with Gasteiger partial charge in [-0.3, -0.25) is 14.6 Å². The maximum absolute atomic E-state index is 13.6. The van der Waals surface area contributed by atoms with Crippen LogP contribution in [0.5, 0.6) is 0 Å². The number of para-hydroxylation sites is 1. The first kappa shape index (κ1) is 20.8. The smallest absolute Gasteiger partial charge is 0.254 e. The van der Waals surface area contributed by atoms with Gasteiger partial charge in [0.2, 0.25) is 5.91 Å². The summed E-state index contributed by atoms with van der Waals surface area (Å²) in [5, 5.41) is 4.17. The molecular weight excluding hydrogens is 374 g/mol. The van der Waals surface area contributed by atoms with Gasteiger partial charge in [-0.15, -0.1) is 0 Å². The molecule has 0 spiro atoms. The first-order valence-corrected chi connectivity index (χ1v) is 11.6. The fourth-order valence-electron chi connectivity index (χ4n) is 5.08. The molecule has 5 nitrogen and oxygen atoms in total. The molecule has 0 bridgehead atoms. The van der Waals surface area contributed by atoms with Crippen LogP contribution >= 0.6 is 0 Å². The van der Waals surface area contributed by atoms with Crippen LogP contribution in [0.3, 0.4) is 0 Å². The minimum Gasteiger partial charge on any atom is -0.353 e. The number of hydrogen-bond acceptors (Lipinski definition) is 3. The normalized spacial score (nSPS) is 20.3. The van der Waals surface area contributed by atoms with Crippen LogP contribution in [0.1, 0.15) is 73.5 Å². The predicted octanol–water partition coefficient (Wildman–Crippen LogP) is 4.41. The van der Waals surface area contributed by atoms with Crippen molar-refractivity contribution in [2.45, 2.75) is 71.3 Å². The van der Waals surface area contributed by atoms with Crippen molar-refractivity contribution >= 4 is 22.7 Å². The number of piperidine rings is 1. The molecule has 1 aromatic carbocycles. The molecule has 30 heavy (non-hydrogen) atoms. The van der Waals surface area contributed by atoms with Crippen molar-refractivity contribution < 1.29 is 9.59 Å². The van der Waals surface area contributed by atoms with Crippen molar-refractivity contribution in [3.8, 4) is 0 Å². The lowest BCUT2D eigenvalue weighted by Crippen LogP contribution is -2.48. The Balaban J connectivity index is 1.55. The van der Waals surface area contributed by atoms with Gasteiger partial charge < -0.3 is 10.2 Å². The zero-order valence-electron chi connectivity index (χ0n) is 18.2. The number of pyridine rings is 1. The van der Waals surface area contributed by atoms with E-state index in [1.165, 1.54) is 19.3 Å². The van der Waals surface area contributed by atoms with E-state index in [1.54, 1.807) is 0 Å². The highest BCUT2D eigenvalue weighted by atomic mass is 16.2. The van der Waals surface area contributed by atoms with Crippen molar-refractivity contribution in [3.05, 3.63) is 41.1 Å². The fourth-order valence-corrected chi connectivity index (χ4v) is 5.08. The lowest BCUT2D eigenvalue weighted by Gasteiger charge is -2.34. The summed E-state index contributed by atoms with van der Waals surface area (Å²) in [6, 6.07) is 8.20. The van der Waals surface area contributed by atoms with Crippen LogP contribution in [0.15, 0.2) is 24.3 Å². The molecule has 1 unspecified atom stereocenters. The van der Waals surface area contributed by atoms with Crippen LogP contribution in [-0.4, -0.2) is 40.8 Å². The van der Waals surface area contributed by atoms with E-state index < -0.39 is 0 Å². The molecule has 1 aromatic heterocycles. The van der Waals surface area contributed by atoms with Gasteiger partial charge in [-0.2, -0.15) is 0 Å². The lowest BCUT2D eigenvalue weighted by atomic mass is 9.92. The third kappa shape index (κ3) is 4.21. The summed E-state index contributed by atoms with van der Waals surface area (Å²) in [6.45, 7) is 5.30. The van der Waals surface area contributed by atoms with Crippen molar-refractivity contribution in [1.82, 2.24) is 15.2 Å². The molecule has 160 valence electrons. The SMILES string of the molecule is CCc1nc2ccccc2c(C(=O)N2CCCC(C(=O)NC3CCCCC3)C2)c1C. The Hall–Kier alpha value is -2.43. The molecule has 2 heterocycles. The van der Waals surface area contributed by atoms with Crippen LogP contribution in [-0.2, 0) is 11.2 Å². The maximum Gasteiger partial charge on any atom is 0.254 e. The third-order valence-electron chi connectivity index (χ3n) is 6.82. The Morgan fingerprint density at radius 1 is 1.10 bits per heavy atom. The Morgan fingerprint density at radius 3 is 2.63 bits per heavy atom. The topological polar surface area (TPSA) is 62.3 Å². The summed E-state index contributed by atoms with van der Waals surface area (Å²) >= 11 is 0. The number of carbonyl (C=O) groups excluding carboxylic acids is 2. The second-order valence-corrected chi connectivity index (χ2v) is 8.86. The molecule has 2 amide bonds. The Morgan fingerprint density at radius 2 is 1.87 bits per heavy atom. The van der Waals surface area contributed by atoms with E-state index in [9.17, 15) is 9.59 Å². The fraction of sp³-hybridized carbons (Fsp3) is 0.560. The van der Waals surface area contributed by atoms with Gasteiger partial charge in [0.1, 0.15) is 0 Å². The number of likely N-dealkylation sites (tertiary alicyclic amines) is 1. The van der Waals surface area contributed by atoms with Crippen LogP contribution in [0.4, 0.5) is 0 Å². The molecule has 1 saturated carbocycles. The molecule has 2 aliphatic rings. The van der Waals surface area contributed by atoms with E-state index in [4.69, 9.17) is 4.98 Å². The first-order chi connectivity index (χ1) is 14.6. The van der Waals surface area contributed by atoms with Crippen LogP contribution in [0.25, 0.3) is 10.9 Å². The summed E-state index contributed by atoms with van der Waals surface area (Å²) in [6.07, 6.45) is 8.38. The number of rotatable bonds is 4. The van der Waals surface area contributed by atoms with E-state index in [-0.39, 0.29) is 17.7 Å². The standard InChI is InChI=1S/C25H33N3O2/c1-3-21-17(2)23(20-13-7-8-14-22(20)27-21)25(30)28-15-9-10-18(16-28)24(29)26-19-11-5-4-6-12-19/h7-8,13-14,18-19H,3-6,9-12,15-16H2,1-2H3,(H,26,29).